The number of ether oxygens (including phenoxy) is 2. The lowest BCUT2D eigenvalue weighted by Gasteiger charge is -2.26. The van der Waals surface area contributed by atoms with Crippen LogP contribution in [0.15, 0.2) is 60.7 Å². The molecule has 4 N–H and O–H groups in total. The first-order valence-electron chi connectivity index (χ1n) is 13.2. The van der Waals surface area contributed by atoms with E-state index in [0.29, 0.717) is 25.8 Å². The Bertz CT molecular complexity index is 1030. The van der Waals surface area contributed by atoms with Crippen LogP contribution in [-0.2, 0) is 32.3 Å². The number of amides is 3. The van der Waals surface area contributed by atoms with Gasteiger partial charge in [-0.3, -0.25) is 9.59 Å². The zero-order chi connectivity index (χ0) is 28.5. The van der Waals surface area contributed by atoms with Gasteiger partial charge in [0.1, 0.15) is 25.9 Å². The molecule has 3 amide bonds. The second kappa shape index (κ2) is 17.6. The van der Waals surface area contributed by atoms with Gasteiger partial charge in [-0.2, -0.15) is 0 Å². The maximum Gasteiger partial charge on any atom is 0.408 e. The van der Waals surface area contributed by atoms with Gasteiger partial charge in [0.2, 0.25) is 5.91 Å². The zero-order valence-corrected chi connectivity index (χ0v) is 22.6. The van der Waals surface area contributed by atoms with Crippen LogP contribution in [0.3, 0.4) is 0 Å². The van der Waals surface area contributed by atoms with Crippen LogP contribution in [0.25, 0.3) is 0 Å². The van der Waals surface area contributed by atoms with Gasteiger partial charge in [0.05, 0.1) is 6.04 Å². The molecule has 39 heavy (non-hydrogen) atoms. The number of aliphatic hydroxyl groups is 1. The molecule has 2 aromatic rings. The lowest BCUT2D eigenvalue weighted by molar-refractivity contribution is -0.131. The van der Waals surface area contributed by atoms with E-state index in [2.05, 4.69) is 16.0 Å². The molecule has 2 aromatic carbocycles. The molecule has 0 aliphatic carbocycles. The van der Waals surface area contributed by atoms with Crippen LogP contribution < -0.4 is 16.0 Å². The van der Waals surface area contributed by atoms with E-state index in [1.165, 1.54) is 0 Å². The molecule has 0 spiro atoms. The molecule has 2 rings (SSSR count). The molecule has 3 atom stereocenters. The first kappa shape index (κ1) is 31.3. The second-order valence-electron chi connectivity index (χ2n) is 9.24. The van der Waals surface area contributed by atoms with Crippen molar-refractivity contribution in [1.29, 1.82) is 0 Å². The molecule has 10 heteroatoms. The number of Topliss-reactive ketones (excluding diaryl/α,β-unsaturated/α-hetero) is 1. The summed E-state index contributed by atoms with van der Waals surface area (Å²) in [5.74, 6) is -1.30. The lowest BCUT2D eigenvalue weighted by atomic mass is 9.97. The Kier molecular flexibility index (Phi) is 14.1. The number of hydrogen-bond donors (Lipinski definition) is 4. The fourth-order valence-corrected chi connectivity index (χ4v) is 3.72. The highest BCUT2D eigenvalue weighted by molar-refractivity contribution is 5.92. The van der Waals surface area contributed by atoms with Crippen molar-refractivity contribution in [2.24, 2.45) is 5.92 Å². The molecule has 0 radical (unpaired) electrons. The summed E-state index contributed by atoms with van der Waals surface area (Å²) >= 11 is 0. The molecule has 212 valence electrons. The van der Waals surface area contributed by atoms with Crippen LogP contribution in [-0.4, -0.2) is 54.2 Å². The van der Waals surface area contributed by atoms with E-state index in [9.17, 15) is 24.3 Å². The van der Waals surface area contributed by atoms with Gasteiger partial charge in [-0.25, -0.2) is 9.59 Å². The molecular formula is C29H39N3O7. The minimum atomic E-state index is -0.929. The first-order chi connectivity index (χ1) is 18.8. The maximum absolute atomic E-state index is 13.1. The summed E-state index contributed by atoms with van der Waals surface area (Å²) in [6.45, 7) is 3.52. The number of unbranched alkanes of at least 4 members (excludes halogenated alkanes) is 1. The Hall–Kier alpha value is -3.92. The molecule has 0 aromatic heterocycles. The van der Waals surface area contributed by atoms with E-state index in [4.69, 9.17) is 9.47 Å². The Labute approximate surface area is 229 Å². The monoisotopic (exact) mass is 541 g/mol. The highest BCUT2D eigenvalue weighted by atomic mass is 16.6. The maximum atomic E-state index is 13.1. The number of benzene rings is 2. The summed E-state index contributed by atoms with van der Waals surface area (Å²) in [7, 11) is 0. The Morgan fingerprint density at radius 3 is 1.92 bits per heavy atom. The van der Waals surface area contributed by atoms with Crippen LogP contribution in [0.2, 0.25) is 0 Å². The topological polar surface area (TPSA) is 143 Å². The van der Waals surface area contributed by atoms with Gasteiger partial charge in [0.25, 0.3) is 0 Å². The quantitative estimate of drug-likeness (QED) is 0.238. The van der Waals surface area contributed by atoms with Crippen molar-refractivity contribution in [2.45, 2.75) is 64.8 Å². The van der Waals surface area contributed by atoms with Gasteiger partial charge < -0.3 is 30.5 Å². The highest BCUT2D eigenvalue weighted by Crippen LogP contribution is 2.11. The number of aliphatic hydroxyl groups excluding tert-OH is 1. The summed E-state index contributed by atoms with van der Waals surface area (Å²) in [6, 6.07) is 16.6. The summed E-state index contributed by atoms with van der Waals surface area (Å²) in [4.78, 5) is 49.6. The fraction of sp³-hybridized carbons (Fsp3) is 0.448. The van der Waals surface area contributed by atoms with E-state index < -0.39 is 42.6 Å². The third-order valence-electron chi connectivity index (χ3n) is 6.24. The normalized spacial score (nSPS) is 12.9. The van der Waals surface area contributed by atoms with Crippen LogP contribution in [0.4, 0.5) is 9.59 Å². The molecule has 0 saturated heterocycles. The Balaban J connectivity index is 1.80. The average Bonchev–Trinajstić information content (AvgIpc) is 2.97. The van der Waals surface area contributed by atoms with Gasteiger partial charge in [-0.1, -0.05) is 80.9 Å². The van der Waals surface area contributed by atoms with Gasteiger partial charge >= 0.3 is 12.2 Å². The number of ketones is 1. The van der Waals surface area contributed by atoms with Gasteiger partial charge in [-0.15, -0.1) is 0 Å². The van der Waals surface area contributed by atoms with Crippen molar-refractivity contribution >= 4 is 23.9 Å². The van der Waals surface area contributed by atoms with Crippen molar-refractivity contribution in [1.82, 2.24) is 16.0 Å². The predicted octanol–water partition coefficient (Wildman–Crippen LogP) is 3.47. The lowest BCUT2D eigenvalue weighted by Crippen LogP contribution is -2.54. The van der Waals surface area contributed by atoms with Crippen LogP contribution in [0.5, 0.6) is 0 Å². The molecular weight excluding hydrogens is 502 g/mol. The Morgan fingerprint density at radius 2 is 1.38 bits per heavy atom. The molecule has 0 saturated carbocycles. The van der Waals surface area contributed by atoms with Crippen molar-refractivity contribution in [2.75, 3.05) is 13.2 Å². The molecule has 0 heterocycles. The summed E-state index contributed by atoms with van der Waals surface area (Å²) in [6.07, 6.45) is 0.603. The first-order valence-corrected chi connectivity index (χ1v) is 13.2. The third-order valence-corrected chi connectivity index (χ3v) is 6.24. The standard InChI is InChI=1S/C29H39N3O7/c1-3-21(2)26(32-29(37)39-20-23-14-8-5-9-15-23)27(35)31-24(25(34)18-33)16-10-11-17-30-28(36)38-19-22-12-6-4-7-13-22/h4-9,12-15,21,24,26,33H,3,10-11,16-20H2,1-2H3,(H,30,36)(H,31,35)(H,32,37). The van der Waals surface area contributed by atoms with Gasteiger partial charge in [0, 0.05) is 6.54 Å². The Morgan fingerprint density at radius 1 is 0.821 bits per heavy atom. The summed E-state index contributed by atoms with van der Waals surface area (Å²) in [5.41, 5.74) is 1.69. The molecule has 0 aliphatic rings. The third kappa shape index (κ3) is 12.0. The predicted molar refractivity (Wildman–Crippen MR) is 146 cm³/mol. The van der Waals surface area contributed by atoms with Crippen LogP contribution >= 0.6 is 0 Å². The van der Waals surface area contributed by atoms with Crippen molar-refractivity contribution in [3.05, 3.63) is 71.8 Å². The van der Waals surface area contributed by atoms with Crippen LogP contribution in [0, 0.1) is 5.92 Å². The molecule has 3 unspecified atom stereocenters. The van der Waals surface area contributed by atoms with Crippen molar-refractivity contribution in [3.63, 3.8) is 0 Å². The number of carbonyl (C=O) groups excluding carboxylic acids is 4. The summed E-state index contributed by atoms with van der Waals surface area (Å²) in [5, 5.41) is 17.3. The molecule has 10 nitrogen and oxygen atoms in total. The minimum Gasteiger partial charge on any atom is -0.445 e. The van der Waals surface area contributed by atoms with Crippen molar-refractivity contribution in [3.8, 4) is 0 Å². The number of carbonyl (C=O) groups is 4. The van der Waals surface area contributed by atoms with E-state index in [1.54, 1.807) is 0 Å². The molecule has 0 bridgehead atoms. The van der Waals surface area contributed by atoms with Gasteiger partial charge in [0.15, 0.2) is 5.78 Å². The molecule has 0 fully saturated rings. The highest BCUT2D eigenvalue weighted by Gasteiger charge is 2.30. The number of hydrogen-bond acceptors (Lipinski definition) is 7. The van der Waals surface area contributed by atoms with E-state index in [1.807, 2.05) is 74.5 Å². The van der Waals surface area contributed by atoms with E-state index >= 15 is 0 Å². The zero-order valence-electron chi connectivity index (χ0n) is 22.6. The fourth-order valence-electron chi connectivity index (χ4n) is 3.72. The summed E-state index contributed by atoms with van der Waals surface area (Å²) < 4.78 is 10.4. The number of rotatable bonds is 16. The number of nitrogens with one attached hydrogen (secondary N) is 3. The van der Waals surface area contributed by atoms with Crippen molar-refractivity contribution < 1.29 is 33.8 Å². The largest absolute Gasteiger partial charge is 0.445 e. The molecule has 0 aliphatic heterocycles. The van der Waals surface area contributed by atoms with Crippen LogP contribution in [0.1, 0.15) is 50.7 Å². The van der Waals surface area contributed by atoms with Gasteiger partial charge in [-0.05, 0) is 36.3 Å². The van der Waals surface area contributed by atoms with E-state index in [-0.39, 0.29) is 25.6 Å². The minimum absolute atomic E-state index is 0.0565. The van der Waals surface area contributed by atoms with E-state index in [0.717, 1.165) is 11.1 Å². The average molecular weight is 542 g/mol. The second-order valence-corrected chi connectivity index (χ2v) is 9.24. The smallest absolute Gasteiger partial charge is 0.408 e. The number of alkyl carbamates (subject to hydrolysis) is 2. The SMILES string of the molecule is CCC(C)C(NC(=O)OCc1ccccc1)C(=O)NC(CCCCNC(=O)OCc1ccccc1)C(=O)CO.